The second-order valence-electron chi connectivity index (χ2n) is 6.71. The smallest absolute Gasteiger partial charge is 0.0871 e. The van der Waals surface area contributed by atoms with Crippen LogP contribution in [0, 0.1) is 17.3 Å². The van der Waals surface area contributed by atoms with Crippen LogP contribution in [0.2, 0.25) is 0 Å². The molecule has 86 valence electrons. The molecule has 2 heteroatoms. The molecule has 0 amide bonds. The molecule has 2 bridgehead atoms. The summed E-state index contributed by atoms with van der Waals surface area (Å²) in [6.07, 6.45) is 6.58. The molecule has 4 saturated carbocycles. The highest BCUT2D eigenvalue weighted by Crippen LogP contribution is 2.59. The largest absolute Gasteiger partial charge is 0.295 e. The van der Waals surface area contributed by atoms with E-state index < -0.39 is 0 Å². The first kappa shape index (κ1) is 10.1. The Morgan fingerprint density at radius 2 is 1.87 bits per heavy atom. The summed E-state index contributed by atoms with van der Waals surface area (Å²) < 4.78 is 0. The fraction of sp³-hybridized carbons (Fsp3) is 1.00. The van der Waals surface area contributed by atoms with E-state index in [0.717, 1.165) is 11.8 Å². The van der Waals surface area contributed by atoms with Crippen LogP contribution in [0.4, 0.5) is 0 Å². The Bertz CT molecular complexity index is 268. The first-order valence-electron chi connectivity index (χ1n) is 6.45. The molecule has 0 aromatic carbocycles. The minimum absolute atomic E-state index is 0.171. The van der Waals surface area contributed by atoms with Crippen LogP contribution in [0.15, 0.2) is 0 Å². The molecule has 1 N–H and O–H groups in total. The van der Waals surface area contributed by atoms with E-state index in [0.29, 0.717) is 11.5 Å². The Labute approximate surface area is 92.7 Å². The molecule has 4 rings (SSSR count). The van der Waals surface area contributed by atoms with E-state index >= 15 is 0 Å². The predicted molar refractivity (Wildman–Crippen MR) is 60.3 cm³/mol. The van der Waals surface area contributed by atoms with Crippen LogP contribution < -0.4 is 5.48 Å². The predicted octanol–water partition coefficient (Wildman–Crippen LogP) is 2.88. The van der Waals surface area contributed by atoms with E-state index in [1.807, 2.05) is 0 Å². The van der Waals surface area contributed by atoms with Crippen molar-refractivity contribution in [1.82, 2.24) is 5.48 Å². The standard InChI is InChI=1S/C13H23NO/c1-12(2)9-4-5-11(10(12)8-9)14-15-13(3)6-7-13/h9-11,14H,4-8H2,1-3H3. The molecule has 2 nitrogen and oxygen atoms in total. The molecular weight excluding hydrogens is 186 g/mol. The van der Waals surface area contributed by atoms with Crippen molar-refractivity contribution >= 4 is 0 Å². The summed E-state index contributed by atoms with van der Waals surface area (Å²) in [6, 6.07) is 0.613. The lowest BCUT2D eigenvalue weighted by Gasteiger charge is -2.60. The van der Waals surface area contributed by atoms with Crippen LogP contribution >= 0.6 is 0 Å². The summed E-state index contributed by atoms with van der Waals surface area (Å²) in [6.45, 7) is 7.06. The first-order chi connectivity index (χ1) is 7.01. The van der Waals surface area contributed by atoms with Gasteiger partial charge in [-0.15, -0.1) is 0 Å². The van der Waals surface area contributed by atoms with Gasteiger partial charge in [0.1, 0.15) is 0 Å². The zero-order valence-electron chi connectivity index (χ0n) is 10.2. The molecule has 4 aliphatic rings. The van der Waals surface area contributed by atoms with Gasteiger partial charge in [0.25, 0.3) is 0 Å². The number of rotatable bonds is 3. The molecule has 0 aromatic rings. The molecule has 0 radical (unpaired) electrons. The molecule has 0 spiro atoms. The van der Waals surface area contributed by atoms with Gasteiger partial charge >= 0.3 is 0 Å². The molecule has 4 fully saturated rings. The van der Waals surface area contributed by atoms with Crippen molar-refractivity contribution in [3.63, 3.8) is 0 Å². The molecule has 3 atom stereocenters. The van der Waals surface area contributed by atoms with E-state index in [2.05, 4.69) is 26.3 Å². The van der Waals surface area contributed by atoms with Gasteiger partial charge in [-0.05, 0) is 56.3 Å². The second kappa shape index (κ2) is 2.98. The highest BCUT2D eigenvalue weighted by atomic mass is 16.7. The summed E-state index contributed by atoms with van der Waals surface area (Å²) >= 11 is 0. The van der Waals surface area contributed by atoms with Gasteiger partial charge in [0, 0.05) is 6.04 Å². The molecule has 4 aliphatic carbocycles. The summed E-state index contributed by atoms with van der Waals surface area (Å²) in [5.74, 6) is 1.83. The topological polar surface area (TPSA) is 21.3 Å². The Hall–Kier alpha value is -0.0800. The Morgan fingerprint density at radius 3 is 2.40 bits per heavy atom. The van der Waals surface area contributed by atoms with Gasteiger partial charge in [0.15, 0.2) is 0 Å². The van der Waals surface area contributed by atoms with E-state index in [1.54, 1.807) is 0 Å². The van der Waals surface area contributed by atoms with E-state index in [-0.39, 0.29) is 5.60 Å². The average molecular weight is 209 g/mol. The number of hydrogen-bond donors (Lipinski definition) is 1. The maximum absolute atomic E-state index is 5.82. The first-order valence-corrected chi connectivity index (χ1v) is 6.45. The number of hydrogen-bond acceptors (Lipinski definition) is 2. The molecule has 15 heavy (non-hydrogen) atoms. The zero-order chi connectivity index (χ0) is 10.7. The third-order valence-electron chi connectivity index (χ3n) is 5.27. The Balaban J connectivity index is 1.57. The summed E-state index contributed by atoms with van der Waals surface area (Å²) in [5.41, 5.74) is 4.10. The lowest BCUT2D eigenvalue weighted by Crippen LogP contribution is -2.59. The van der Waals surface area contributed by atoms with Crippen LogP contribution in [0.1, 0.15) is 52.9 Å². The van der Waals surface area contributed by atoms with Crippen molar-refractivity contribution in [1.29, 1.82) is 0 Å². The van der Waals surface area contributed by atoms with Gasteiger partial charge < -0.3 is 0 Å². The Morgan fingerprint density at radius 1 is 1.13 bits per heavy atom. The van der Waals surface area contributed by atoms with Gasteiger partial charge in [0.2, 0.25) is 0 Å². The zero-order valence-corrected chi connectivity index (χ0v) is 10.2. The van der Waals surface area contributed by atoms with Gasteiger partial charge in [0.05, 0.1) is 5.60 Å². The van der Waals surface area contributed by atoms with Crippen molar-refractivity contribution in [3.05, 3.63) is 0 Å². The second-order valence-corrected chi connectivity index (χ2v) is 6.71. The Kier molecular flexibility index (Phi) is 2.01. The van der Waals surface area contributed by atoms with Gasteiger partial charge in [-0.1, -0.05) is 13.8 Å². The summed E-state index contributed by atoms with van der Waals surface area (Å²) in [5, 5.41) is 0. The lowest BCUT2D eigenvalue weighted by atomic mass is 9.47. The van der Waals surface area contributed by atoms with Crippen LogP contribution in [-0.2, 0) is 4.84 Å². The highest BCUT2D eigenvalue weighted by Gasteiger charge is 2.54. The van der Waals surface area contributed by atoms with E-state index in [1.165, 1.54) is 32.1 Å². The lowest BCUT2D eigenvalue weighted by molar-refractivity contribution is -0.145. The minimum atomic E-state index is 0.171. The number of fused-ring (bicyclic) bond motifs is 2. The van der Waals surface area contributed by atoms with Crippen LogP contribution in [0.25, 0.3) is 0 Å². The third-order valence-corrected chi connectivity index (χ3v) is 5.27. The average Bonchev–Trinajstić information content (AvgIpc) is 2.94. The molecule has 0 aromatic heterocycles. The number of hydroxylamine groups is 1. The van der Waals surface area contributed by atoms with E-state index in [9.17, 15) is 0 Å². The molecule has 0 saturated heterocycles. The monoisotopic (exact) mass is 209 g/mol. The summed E-state index contributed by atoms with van der Waals surface area (Å²) in [4.78, 5) is 5.82. The van der Waals surface area contributed by atoms with Gasteiger partial charge in [-0.3, -0.25) is 4.84 Å². The maximum atomic E-state index is 5.82. The van der Waals surface area contributed by atoms with Crippen molar-refractivity contribution in [2.75, 3.05) is 0 Å². The minimum Gasteiger partial charge on any atom is -0.295 e. The normalized spacial score (nSPS) is 44.6. The van der Waals surface area contributed by atoms with Crippen LogP contribution in [0.3, 0.4) is 0 Å². The number of nitrogens with one attached hydrogen (secondary N) is 1. The fourth-order valence-corrected chi connectivity index (χ4v) is 3.45. The summed E-state index contributed by atoms with van der Waals surface area (Å²) in [7, 11) is 0. The SMILES string of the molecule is CC1(ONC2CCC3CC2C3(C)C)CC1. The molecule has 3 unspecified atom stereocenters. The van der Waals surface area contributed by atoms with Crippen molar-refractivity contribution in [2.45, 2.75) is 64.5 Å². The highest BCUT2D eigenvalue weighted by molar-refractivity contribution is 5.05. The molecular formula is C13H23NO. The molecule has 0 heterocycles. The van der Waals surface area contributed by atoms with Crippen LogP contribution in [0.5, 0.6) is 0 Å². The van der Waals surface area contributed by atoms with Gasteiger partial charge in [-0.25, -0.2) is 0 Å². The van der Waals surface area contributed by atoms with Crippen molar-refractivity contribution < 1.29 is 4.84 Å². The van der Waals surface area contributed by atoms with Gasteiger partial charge in [-0.2, -0.15) is 5.48 Å². The van der Waals surface area contributed by atoms with E-state index in [4.69, 9.17) is 4.84 Å². The van der Waals surface area contributed by atoms with Crippen molar-refractivity contribution in [3.8, 4) is 0 Å². The van der Waals surface area contributed by atoms with Crippen LogP contribution in [-0.4, -0.2) is 11.6 Å². The van der Waals surface area contributed by atoms with Crippen molar-refractivity contribution in [2.24, 2.45) is 17.3 Å². The third kappa shape index (κ3) is 1.53. The molecule has 0 aliphatic heterocycles. The quantitative estimate of drug-likeness (QED) is 0.722. The maximum Gasteiger partial charge on any atom is 0.0871 e. The fourth-order valence-electron chi connectivity index (χ4n) is 3.45.